The van der Waals surface area contributed by atoms with E-state index >= 15 is 0 Å². The van der Waals surface area contributed by atoms with E-state index in [9.17, 15) is 9.59 Å². The molecule has 21 heavy (non-hydrogen) atoms. The highest BCUT2D eigenvalue weighted by atomic mass is 32.1. The van der Waals surface area contributed by atoms with Crippen LogP contribution >= 0.6 is 11.3 Å². The van der Waals surface area contributed by atoms with Gasteiger partial charge in [0, 0.05) is 0 Å². The van der Waals surface area contributed by atoms with Gasteiger partial charge in [0.15, 0.2) is 18.1 Å². The molecule has 1 atom stereocenters. The van der Waals surface area contributed by atoms with Crippen LogP contribution in [-0.2, 0) is 9.53 Å². The molecule has 108 valence electrons. The van der Waals surface area contributed by atoms with E-state index in [1.54, 1.807) is 35.7 Å². The molecule has 1 aromatic heterocycles. The minimum Gasteiger partial charge on any atom is -0.485 e. The van der Waals surface area contributed by atoms with Crippen molar-refractivity contribution in [2.45, 2.75) is 6.10 Å². The van der Waals surface area contributed by atoms with Gasteiger partial charge in [-0.05, 0) is 23.6 Å². The number of Topliss-reactive ketones (excluding diaryl/α,β-unsaturated/α-hetero) is 1. The molecule has 1 aliphatic heterocycles. The Bertz CT molecular complexity index is 650. The first-order valence-corrected chi connectivity index (χ1v) is 7.24. The molecule has 0 spiro atoms. The van der Waals surface area contributed by atoms with E-state index in [4.69, 9.17) is 14.2 Å². The Balaban J connectivity index is 1.56. The Hall–Kier alpha value is -2.34. The summed E-state index contributed by atoms with van der Waals surface area (Å²) in [6, 6.07) is 10.5. The molecule has 0 fully saturated rings. The van der Waals surface area contributed by atoms with Gasteiger partial charge in [-0.3, -0.25) is 4.79 Å². The summed E-state index contributed by atoms with van der Waals surface area (Å²) in [7, 11) is 0. The lowest BCUT2D eigenvalue weighted by atomic mass is 10.2. The molecule has 2 aromatic rings. The number of thiophene rings is 1. The molecule has 3 rings (SSSR count). The van der Waals surface area contributed by atoms with Crippen LogP contribution in [0.25, 0.3) is 0 Å². The Labute approximate surface area is 125 Å². The summed E-state index contributed by atoms with van der Waals surface area (Å²) in [5.74, 6) is 0.261. The van der Waals surface area contributed by atoms with Crippen molar-refractivity contribution in [3.8, 4) is 11.5 Å². The van der Waals surface area contributed by atoms with Crippen LogP contribution in [-0.4, -0.2) is 31.1 Å². The first-order chi connectivity index (χ1) is 10.2. The van der Waals surface area contributed by atoms with Gasteiger partial charge in [0.25, 0.3) is 0 Å². The van der Waals surface area contributed by atoms with Crippen molar-refractivity contribution in [2.24, 2.45) is 0 Å². The van der Waals surface area contributed by atoms with Gasteiger partial charge in [0.2, 0.25) is 11.9 Å². The normalized spacial score (nSPS) is 16.3. The van der Waals surface area contributed by atoms with Gasteiger partial charge < -0.3 is 14.2 Å². The van der Waals surface area contributed by atoms with E-state index in [-0.39, 0.29) is 19.0 Å². The Morgan fingerprint density at radius 1 is 1.19 bits per heavy atom. The lowest BCUT2D eigenvalue weighted by Gasteiger charge is -2.24. The summed E-state index contributed by atoms with van der Waals surface area (Å²) in [4.78, 5) is 24.2. The predicted molar refractivity (Wildman–Crippen MR) is 76.0 cm³/mol. The molecule has 5 nitrogen and oxygen atoms in total. The fraction of sp³-hybridized carbons (Fsp3) is 0.200. The highest BCUT2D eigenvalue weighted by Crippen LogP contribution is 2.31. The highest BCUT2D eigenvalue weighted by Gasteiger charge is 2.29. The molecule has 6 heteroatoms. The van der Waals surface area contributed by atoms with Crippen molar-refractivity contribution in [3.63, 3.8) is 0 Å². The maximum atomic E-state index is 11.9. The SMILES string of the molecule is O=C(COC(=O)[C@H]1COc2ccccc2O1)c1cccs1. The van der Waals surface area contributed by atoms with Crippen molar-refractivity contribution in [2.75, 3.05) is 13.2 Å². The lowest BCUT2D eigenvalue weighted by Crippen LogP contribution is -2.38. The van der Waals surface area contributed by atoms with Gasteiger partial charge in [-0.1, -0.05) is 18.2 Å². The standard InChI is InChI=1S/C15H12O5S/c16-10(14-6-3-7-21-14)8-19-15(17)13-9-18-11-4-1-2-5-12(11)20-13/h1-7,13H,8-9H2/t13-/m1/s1. The number of fused-ring (bicyclic) bond motifs is 1. The number of ether oxygens (including phenoxy) is 3. The number of carbonyl (C=O) groups is 2. The number of hydrogen-bond donors (Lipinski definition) is 0. The summed E-state index contributed by atoms with van der Waals surface area (Å²) in [5.41, 5.74) is 0. The molecule has 0 amide bonds. The van der Waals surface area contributed by atoms with Gasteiger partial charge >= 0.3 is 5.97 Å². The fourth-order valence-electron chi connectivity index (χ4n) is 1.87. The zero-order valence-corrected chi connectivity index (χ0v) is 11.8. The van der Waals surface area contributed by atoms with Crippen LogP contribution < -0.4 is 9.47 Å². The van der Waals surface area contributed by atoms with Crippen LogP contribution in [0.2, 0.25) is 0 Å². The van der Waals surface area contributed by atoms with Gasteiger partial charge in [0.1, 0.15) is 6.61 Å². The largest absolute Gasteiger partial charge is 0.485 e. The molecular weight excluding hydrogens is 292 g/mol. The number of para-hydroxylation sites is 2. The van der Waals surface area contributed by atoms with E-state index < -0.39 is 12.1 Å². The molecule has 0 saturated carbocycles. The maximum absolute atomic E-state index is 11.9. The molecule has 0 aliphatic carbocycles. The molecule has 2 heterocycles. The second kappa shape index (κ2) is 5.97. The zero-order valence-electron chi connectivity index (χ0n) is 11.0. The van der Waals surface area contributed by atoms with E-state index in [1.165, 1.54) is 11.3 Å². The summed E-state index contributed by atoms with van der Waals surface area (Å²) in [6.07, 6.45) is -0.851. The van der Waals surface area contributed by atoms with Crippen LogP contribution in [0.5, 0.6) is 11.5 Å². The number of rotatable bonds is 4. The third-order valence-electron chi connectivity index (χ3n) is 2.91. The Morgan fingerprint density at radius 3 is 2.76 bits per heavy atom. The quantitative estimate of drug-likeness (QED) is 0.641. The number of esters is 1. The maximum Gasteiger partial charge on any atom is 0.351 e. The zero-order chi connectivity index (χ0) is 14.7. The summed E-state index contributed by atoms with van der Waals surface area (Å²) >= 11 is 1.31. The molecule has 0 unspecified atom stereocenters. The fourth-order valence-corrected chi connectivity index (χ4v) is 2.52. The molecule has 0 bridgehead atoms. The summed E-state index contributed by atoms with van der Waals surface area (Å²) in [5, 5.41) is 1.80. The van der Waals surface area contributed by atoms with Crippen molar-refractivity contribution in [1.82, 2.24) is 0 Å². The summed E-state index contributed by atoms with van der Waals surface area (Å²) < 4.78 is 15.9. The van der Waals surface area contributed by atoms with Gasteiger partial charge in [-0.2, -0.15) is 0 Å². The highest BCUT2D eigenvalue weighted by molar-refractivity contribution is 7.12. The van der Waals surface area contributed by atoms with Gasteiger partial charge in [-0.15, -0.1) is 11.3 Å². The lowest BCUT2D eigenvalue weighted by molar-refractivity contribution is -0.153. The van der Waals surface area contributed by atoms with E-state index in [1.807, 2.05) is 6.07 Å². The van der Waals surface area contributed by atoms with Crippen molar-refractivity contribution in [3.05, 3.63) is 46.7 Å². The van der Waals surface area contributed by atoms with Crippen LogP contribution in [0.15, 0.2) is 41.8 Å². The van der Waals surface area contributed by atoms with Gasteiger partial charge in [0.05, 0.1) is 4.88 Å². The number of hydrogen-bond acceptors (Lipinski definition) is 6. The first-order valence-electron chi connectivity index (χ1n) is 6.36. The summed E-state index contributed by atoms with van der Waals surface area (Å²) in [6.45, 7) is -0.218. The van der Waals surface area contributed by atoms with E-state index in [0.29, 0.717) is 16.4 Å². The monoisotopic (exact) mass is 304 g/mol. The van der Waals surface area contributed by atoms with Crippen molar-refractivity contribution >= 4 is 23.1 Å². The number of ketones is 1. The molecule has 0 N–H and O–H groups in total. The second-order valence-corrected chi connectivity index (χ2v) is 5.32. The molecule has 1 aliphatic rings. The van der Waals surface area contributed by atoms with Gasteiger partial charge in [-0.25, -0.2) is 4.79 Å². The number of benzene rings is 1. The van der Waals surface area contributed by atoms with E-state index in [2.05, 4.69) is 0 Å². The second-order valence-electron chi connectivity index (χ2n) is 4.37. The minimum absolute atomic E-state index is 0.0725. The molecule has 0 radical (unpaired) electrons. The van der Waals surface area contributed by atoms with Crippen molar-refractivity contribution in [1.29, 1.82) is 0 Å². The molecular formula is C15H12O5S. The van der Waals surface area contributed by atoms with Crippen LogP contribution in [0.3, 0.4) is 0 Å². The molecule has 0 saturated heterocycles. The third kappa shape index (κ3) is 3.05. The minimum atomic E-state index is -0.851. The topological polar surface area (TPSA) is 61.8 Å². The Morgan fingerprint density at radius 2 is 2.00 bits per heavy atom. The van der Waals surface area contributed by atoms with Crippen LogP contribution in [0.4, 0.5) is 0 Å². The third-order valence-corrected chi connectivity index (χ3v) is 3.82. The number of carbonyl (C=O) groups excluding carboxylic acids is 2. The smallest absolute Gasteiger partial charge is 0.351 e. The Kier molecular flexibility index (Phi) is 3.87. The first kappa shape index (κ1) is 13.6. The average Bonchev–Trinajstić information content (AvgIpc) is 3.06. The van der Waals surface area contributed by atoms with Crippen molar-refractivity contribution < 1.29 is 23.8 Å². The average molecular weight is 304 g/mol. The van der Waals surface area contributed by atoms with Crippen LogP contribution in [0.1, 0.15) is 9.67 Å². The molecule has 1 aromatic carbocycles. The van der Waals surface area contributed by atoms with Crippen LogP contribution in [0, 0.1) is 0 Å². The predicted octanol–water partition coefficient (Wildman–Crippen LogP) is 2.31. The van der Waals surface area contributed by atoms with E-state index in [0.717, 1.165) is 0 Å².